The SMILES string of the molecule is COc1ccc(NCCCOCC(F)(F)F)cc1F. The predicted molar refractivity (Wildman–Crippen MR) is 62.9 cm³/mol. The van der Waals surface area contributed by atoms with Gasteiger partial charge in [0, 0.05) is 24.9 Å². The van der Waals surface area contributed by atoms with Crippen LogP contribution in [0.2, 0.25) is 0 Å². The van der Waals surface area contributed by atoms with Crippen molar-refractivity contribution in [2.75, 3.05) is 32.2 Å². The maximum atomic E-state index is 13.3. The van der Waals surface area contributed by atoms with Crippen LogP contribution in [0.4, 0.5) is 23.2 Å². The average molecular weight is 281 g/mol. The van der Waals surface area contributed by atoms with E-state index in [0.717, 1.165) is 0 Å². The summed E-state index contributed by atoms with van der Waals surface area (Å²) in [6.45, 7) is -0.862. The normalized spacial score (nSPS) is 11.4. The molecule has 0 radical (unpaired) electrons. The fourth-order valence-corrected chi connectivity index (χ4v) is 1.37. The summed E-state index contributed by atoms with van der Waals surface area (Å²) in [7, 11) is 1.36. The van der Waals surface area contributed by atoms with E-state index in [0.29, 0.717) is 18.7 Å². The highest BCUT2D eigenvalue weighted by atomic mass is 19.4. The highest BCUT2D eigenvalue weighted by Crippen LogP contribution is 2.20. The third kappa shape index (κ3) is 6.28. The molecule has 0 aliphatic heterocycles. The summed E-state index contributed by atoms with van der Waals surface area (Å²) in [4.78, 5) is 0. The van der Waals surface area contributed by atoms with Gasteiger partial charge in [0.05, 0.1) is 7.11 Å². The summed E-state index contributed by atoms with van der Waals surface area (Å²) in [5.41, 5.74) is 0.536. The highest BCUT2D eigenvalue weighted by molar-refractivity contribution is 5.47. The first kappa shape index (κ1) is 15.6. The van der Waals surface area contributed by atoms with Crippen LogP contribution < -0.4 is 10.1 Å². The lowest BCUT2D eigenvalue weighted by Gasteiger charge is -2.09. The first-order valence-corrected chi connectivity index (χ1v) is 5.64. The van der Waals surface area contributed by atoms with Gasteiger partial charge in [-0.15, -0.1) is 0 Å². The molecule has 0 unspecified atom stereocenters. The van der Waals surface area contributed by atoms with Gasteiger partial charge in [0.15, 0.2) is 11.6 Å². The van der Waals surface area contributed by atoms with Crippen LogP contribution in [0, 0.1) is 5.82 Å². The topological polar surface area (TPSA) is 30.5 Å². The molecule has 0 amide bonds. The number of alkyl halides is 3. The molecule has 1 aromatic carbocycles. The molecule has 0 saturated carbocycles. The van der Waals surface area contributed by atoms with Crippen LogP contribution in [0.25, 0.3) is 0 Å². The number of nitrogens with one attached hydrogen (secondary N) is 1. The zero-order valence-electron chi connectivity index (χ0n) is 10.4. The fourth-order valence-electron chi connectivity index (χ4n) is 1.37. The third-order valence-electron chi connectivity index (χ3n) is 2.21. The molecule has 0 fully saturated rings. The number of hydrogen-bond donors (Lipinski definition) is 1. The lowest BCUT2D eigenvalue weighted by Crippen LogP contribution is -2.18. The Morgan fingerprint density at radius 3 is 2.58 bits per heavy atom. The Bertz CT molecular complexity index is 396. The summed E-state index contributed by atoms with van der Waals surface area (Å²) in [6.07, 6.45) is -3.91. The second kappa shape index (κ2) is 7.18. The molecule has 7 heteroatoms. The Morgan fingerprint density at radius 1 is 1.26 bits per heavy atom. The molecular weight excluding hydrogens is 266 g/mol. The average Bonchev–Trinajstić information content (AvgIpc) is 2.32. The first-order valence-electron chi connectivity index (χ1n) is 5.64. The molecule has 1 rings (SSSR count). The lowest BCUT2D eigenvalue weighted by molar-refractivity contribution is -0.173. The van der Waals surface area contributed by atoms with Crippen molar-refractivity contribution in [1.82, 2.24) is 0 Å². The number of methoxy groups -OCH3 is 1. The standard InChI is InChI=1S/C12H15F4NO2/c1-18-11-4-3-9(7-10(11)13)17-5-2-6-19-8-12(14,15)16/h3-4,7,17H,2,5-6,8H2,1H3. The van der Waals surface area contributed by atoms with Gasteiger partial charge in [0.25, 0.3) is 0 Å². The number of anilines is 1. The van der Waals surface area contributed by atoms with Crippen LogP contribution in [0.3, 0.4) is 0 Å². The van der Waals surface area contributed by atoms with Gasteiger partial charge in [0.2, 0.25) is 0 Å². The molecule has 1 aromatic rings. The Morgan fingerprint density at radius 2 is 2.00 bits per heavy atom. The zero-order valence-corrected chi connectivity index (χ0v) is 10.4. The van der Waals surface area contributed by atoms with E-state index < -0.39 is 18.6 Å². The molecule has 19 heavy (non-hydrogen) atoms. The number of ether oxygens (including phenoxy) is 2. The van der Waals surface area contributed by atoms with Crippen LogP contribution in [-0.4, -0.2) is 33.0 Å². The summed E-state index contributed by atoms with van der Waals surface area (Å²) in [5, 5.41) is 2.88. The van der Waals surface area contributed by atoms with Crippen molar-refractivity contribution in [2.24, 2.45) is 0 Å². The van der Waals surface area contributed by atoms with E-state index in [1.165, 1.54) is 19.2 Å². The summed E-state index contributed by atoms with van der Waals surface area (Å²) >= 11 is 0. The number of halogens is 4. The van der Waals surface area contributed by atoms with E-state index in [1.807, 2.05) is 0 Å². The molecule has 0 bridgehead atoms. The van der Waals surface area contributed by atoms with Gasteiger partial charge in [-0.25, -0.2) is 4.39 Å². The quantitative estimate of drug-likeness (QED) is 0.615. The fraction of sp³-hybridized carbons (Fsp3) is 0.500. The molecule has 3 nitrogen and oxygen atoms in total. The molecule has 0 saturated heterocycles. The van der Waals surface area contributed by atoms with E-state index >= 15 is 0 Å². The largest absolute Gasteiger partial charge is 0.494 e. The summed E-state index contributed by atoms with van der Waals surface area (Å²) in [6, 6.07) is 4.35. The Kier molecular flexibility index (Phi) is 5.88. The van der Waals surface area contributed by atoms with Crippen molar-refractivity contribution in [3.63, 3.8) is 0 Å². The molecular formula is C12H15F4NO2. The van der Waals surface area contributed by atoms with Gasteiger partial charge in [-0.2, -0.15) is 13.2 Å². The summed E-state index contributed by atoms with van der Waals surface area (Å²) in [5.74, 6) is -0.361. The number of hydrogen-bond acceptors (Lipinski definition) is 3. The van der Waals surface area contributed by atoms with Crippen LogP contribution >= 0.6 is 0 Å². The van der Waals surface area contributed by atoms with Crippen molar-refractivity contribution >= 4 is 5.69 Å². The van der Waals surface area contributed by atoms with Crippen LogP contribution in [0.5, 0.6) is 5.75 Å². The van der Waals surface area contributed by atoms with Crippen LogP contribution in [-0.2, 0) is 4.74 Å². The monoisotopic (exact) mass is 281 g/mol. The number of rotatable bonds is 7. The van der Waals surface area contributed by atoms with Gasteiger partial charge in [0.1, 0.15) is 6.61 Å². The lowest BCUT2D eigenvalue weighted by atomic mass is 10.3. The maximum Gasteiger partial charge on any atom is 0.411 e. The predicted octanol–water partition coefficient (Wildman–Crippen LogP) is 3.22. The van der Waals surface area contributed by atoms with Gasteiger partial charge < -0.3 is 14.8 Å². The van der Waals surface area contributed by atoms with Crippen molar-refractivity contribution in [3.05, 3.63) is 24.0 Å². The van der Waals surface area contributed by atoms with E-state index in [2.05, 4.69) is 10.1 Å². The number of benzene rings is 1. The van der Waals surface area contributed by atoms with E-state index in [1.54, 1.807) is 6.07 Å². The maximum absolute atomic E-state index is 13.3. The van der Waals surface area contributed by atoms with Crippen molar-refractivity contribution < 1.29 is 27.0 Å². The molecule has 0 atom stereocenters. The second-order valence-electron chi connectivity index (χ2n) is 3.80. The van der Waals surface area contributed by atoms with Crippen molar-refractivity contribution in [1.29, 1.82) is 0 Å². The van der Waals surface area contributed by atoms with Gasteiger partial charge in [-0.3, -0.25) is 0 Å². The van der Waals surface area contributed by atoms with E-state index in [-0.39, 0.29) is 12.4 Å². The Balaban J connectivity index is 2.21. The van der Waals surface area contributed by atoms with Crippen molar-refractivity contribution in [2.45, 2.75) is 12.6 Å². The van der Waals surface area contributed by atoms with Crippen molar-refractivity contribution in [3.8, 4) is 5.75 Å². The smallest absolute Gasteiger partial charge is 0.411 e. The third-order valence-corrected chi connectivity index (χ3v) is 2.21. The molecule has 1 N–H and O–H groups in total. The molecule has 108 valence electrons. The second-order valence-corrected chi connectivity index (χ2v) is 3.80. The molecule has 0 aromatic heterocycles. The Labute approximate surface area is 108 Å². The van der Waals surface area contributed by atoms with Gasteiger partial charge >= 0.3 is 6.18 Å². The minimum atomic E-state index is -4.30. The first-order chi connectivity index (χ1) is 8.92. The van der Waals surface area contributed by atoms with Gasteiger partial charge in [-0.1, -0.05) is 0 Å². The molecule has 0 spiro atoms. The zero-order chi connectivity index (χ0) is 14.3. The molecule has 0 aliphatic carbocycles. The minimum Gasteiger partial charge on any atom is -0.494 e. The summed E-state index contributed by atoms with van der Waals surface area (Å²) < 4.78 is 57.7. The van der Waals surface area contributed by atoms with Crippen LogP contribution in [0.15, 0.2) is 18.2 Å². The highest BCUT2D eigenvalue weighted by Gasteiger charge is 2.27. The molecule has 0 heterocycles. The van der Waals surface area contributed by atoms with Crippen LogP contribution in [0.1, 0.15) is 6.42 Å². The van der Waals surface area contributed by atoms with E-state index in [9.17, 15) is 17.6 Å². The Hall–Kier alpha value is -1.50. The van der Waals surface area contributed by atoms with E-state index in [4.69, 9.17) is 4.74 Å². The minimum absolute atomic E-state index is 0.00878. The van der Waals surface area contributed by atoms with Gasteiger partial charge in [-0.05, 0) is 18.6 Å². The molecule has 0 aliphatic rings.